The number of thioether (sulfide) groups is 1. The molecular formula is C23H20N4O2S2. The number of benzene rings is 2. The summed E-state index contributed by atoms with van der Waals surface area (Å²) in [6.45, 7) is 1.93. The fourth-order valence-corrected chi connectivity index (χ4v) is 4.67. The van der Waals surface area contributed by atoms with Crippen molar-refractivity contribution in [2.45, 2.75) is 18.0 Å². The number of anilines is 1. The van der Waals surface area contributed by atoms with Crippen molar-refractivity contribution in [3.05, 3.63) is 83.5 Å². The molecule has 2 amide bonds. The van der Waals surface area contributed by atoms with Gasteiger partial charge in [0.05, 0.1) is 23.0 Å². The molecule has 31 heavy (non-hydrogen) atoms. The first-order chi connectivity index (χ1) is 15.1. The van der Waals surface area contributed by atoms with Crippen LogP contribution in [0.3, 0.4) is 0 Å². The van der Waals surface area contributed by atoms with Crippen LogP contribution in [0.25, 0.3) is 10.2 Å². The number of fused-ring (bicyclic) bond motifs is 1. The summed E-state index contributed by atoms with van der Waals surface area (Å²) in [5.74, 6) is -0.266. The van der Waals surface area contributed by atoms with Crippen molar-refractivity contribution in [1.82, 2.24) is 15.3 Å². The minimum atomic E-state index is -0.240. The maximum Gasteiger partial charge on any atom is 0.253 e. The fraction of sp³-hybridized carbons (Fsp3) is 0.130. The maximum atomic E-state index is 12.8. The monoisotopic (exact) mass is 448 g/mol. The zero-order valence-corrected chi connectivity index (χ0v) is 18.4. The third kappa shape index (κ3) is 5.10. The van der Waals surface area contributed by atoms with E-state index in [1.807, 2.05) is 48.7 Å². The minimum Gasteiger partial charge on any atom is -0.345 e. The largest absolute Gasteiger partial charge is 0.345 e. The summed E-state index contributed by atoms with van der Waals surface area (Å²) < 4.78 is 0. The second kappa shape index (κ2) is 9.72. The van der Waals surface area contributed by atoms with E-state index < -0.39 is 0 Å². The molecule has 1 unspecified atom stereocenters. The lowest BCUT2D eigenvalue weighted by Crippen LogP contribution is -2.28. The van der Waals surface area contributed by atoms with Crippen LogP contribution in [0.2, 0.25) is 0 Å². The maximum absolute atomic E-state index is 12.8. The van der Waals surface area contributed by atoms with Crippen LogP contribution in [0.15, 0.2) is 77.4 Å². The van der Waals surface area contributed by atoms with Crippen LogP contribution in [0.5, 0.6) is 0 Å². The Morgan fingerprint density at radius 2 is 1.81 bits per heavy atom. The van der Waals surface area contributed by atoms with Crippen LogP contribution in [-0.4, -0.2) is 27.5 Å². The number of hydrogen-bond donors (Lipinski definition) is 2. The van der Waals surface area contributed by atoms with Crippen LogP contribution in [0.4, 0.5) is 5.69 Å². The molecule has 2 heterocycles. The van der Waals surface area contributed by atoms with Crippen molar-refractivity contribution in [3.8, 4) is 0 Å². The third-order valence-corrected chi connectivity index (χ3v) is 6.48. The van der Waals surface area contributed by atoms with E-state index in [4.69, 9.17) is 0 Å². The van der Waals surface area contributed by atoms with Gasteiger partial charge >= 0.3 is 0 Å². The molecule has 0 saturated heterocycles. The van der Waals surface area contributed by atoms with E-state index in [1.54, 1.807) is 24.3 Å². The Morgan fingerprint density at radius 3 is 2.65 bits per heavy atom. The molecule has 2 aromatic carbocycles. The van der Waals surface area contributed by atoms with Gasteiger partial charge in [-0.3, -0.25) is 9.59 Å². The first-order valence-electron chi connectivity index (χ1n) is 9.67. The van der Waals surface area contributed by atoms with Gasteiger partial charge in [0.15, 0.2) is 0 Å². The predicted octanol–water partition coefficient (Wildman–Crippen LogP) is 4.91. The van der Waals surface area contributed by atoms with Gasteiger partial charge in [-0.25, -0.2) is 9.97 Å². The highest BCUT2D eigenvalue weighted by Gasteiger charge is 2.16. The van der Waals surface area contributed by atoms with Gasteiger partial charge in [-0.05, 0) is 36.1 Å². The van der Waals surface area contributed by atoms with Crippen molar-refractivity contribution in [2.75, 3.05) is 11.1 Å². The standard InChI is InChI=1S/C23H20N4O2S2/c1-15(16-7-3-2-4-8-16)26-21(29)17-9-5-6-10-19(17)27-20(28)13-31-23-18-11-12-30-22(18)24-14-25-23/h2-12,14-15H,13H2,1H3,(H,26,29)(H,27,28). The molecule has 0 bridgehead atoms. The molecule has 8 heteroatoms. The number of rotatable bonds is 7. The van der Waals surface area contributed by atoms with Gasteiger partial charge in [-0.1, -0.05) is 54.2 Å². The Kier molecular flexibility index (Phi) is 6.59. The number of thiophene rings is 1. The number of nitrogens with zero attached hydrogens (tertiary/aromatic N) is 2. The molecule has 1 atom stereocenters. The van der Waals surface area contributed by atoms with Gasteiger partial charge in [0.1, 0.15) is 16.2 Å². The molecule has 0 fully saturated rings. The molecule has 6 nitrogen and oxygen atoms in total. The van der Waals surface area contributed by atoms with Gasteiger partial charge < -0.3 is 10.6 Å². The average Bonchev–Trinajstić information content (AvgIpc) is 3.28. The fourth-order valence-electron chi connectivity index (χ4n) is 3.09. The second-order valence-corrected chi connectivity index (χ2v) is 8.67. The molecule has 0 saturated carbocycles. The molecule has 0 aliphatic rings. The second-order valence-electron chi connectivity index (χ2n) is 6.81. The van der Waals surface area contributed by atoms with E-state index in [0.717, 1.165) is 20.8 Å². The topological polar surface area (TPSA) is 84.0 Å². The van der Waals surface area contributed by atoms with E-state index in [-0.39, 0.29) is 23.6 Å². The van der Waals surface area contributed by atoms with E-state index in [1.165, 1.54) is 29.4 Å². The number of carbonyl (C=O) groups is 2. The van der Waals surface area contributed by atoms with Crippen molar-refractivity contribution in [3.63, 3.8) is 0 Å². The number of nitrogens with one attached hydrogen (secondary N) is 2. The third-order valence-electron chi connectivity index (χ3n) is 4.66. The number of hydrogen-bond acceptors (Lipinski definition) is 6. The molecule has 2 aromatic heterocycles. The number of carbonyl (C=O) groups excluding carboxylic acids is 2. The highest BCUT2D eigenvalue weighted by atomic mass is 32.2. The summed E-state index contributed by atoms with van der Waals surface area (Å²) in [5, 5.41) is 9.51. The Labute approximate surface area is 188 Å². The Morgan fingerprint density at radius 1 is 1.03 bits per heavy atom. The number of amides is 2. The molecular weight excluding hydrogens is 428 g/mol. The summed E-state index contributed by atoms with van der Waals surface area (Å²) in [5.41, 5.74) is 1.92. The summed E-state index contributed by atoms with van der Waals surface area (Å²) in [7, 11) is 0. The smallest absolute Gasteiger partial charge is 0.253 e. The lowest BCUT2D eigenvalue weighted by atomic mass is 10.1. The highest BCUT2D eigenvalue weighted by Crippen LogP contribution is 2.28. The van der Waals surface area contributed by atoms with Gasteiger partial charge in [0.25, 0.3) is 5.91 Å². The molecule has 0 aliphatic carbocycles. The van der Waals surface area contributed by atoms with E-state index >= 15 is 0 Å². The SMILES string of the molecule is CC(NC(=O)c1ccccc1NC(=O)CSc1ncnc2sccc12)c1ccccc1. The Balaban J connectivity index is 1.41. The molecule has 0 aliphatic heterocycles. The van der Waals surface area contributed by atoms with Crippen LogP contribution >= 0.6 is 23.1 Å². The minimum absolute atomic E-state index is 0.154. The van der Waals surface area contributed by atoms with Crippen molar-refractivity contribution in [2.24, 2.45) is 0 Å². The molecule has 4 rings (SSSR count). The average molecular weight is 449 g/mol. The van der Waals surface area contributed by atoms with Crippen LogP contribution in [0.1, 0.15) is 28.9 Å². The summed E-state index contributed by atoms with van der Waals surface area (Å²) >= 11 is 2.88. The predicted molar refractivity (Wildman–Crippen MR) is 126 cm³/mol. The molecule has 4 aromatic rings. The number of para-hydroxylation sites is 1. The zero-order chi connectivity index (χ0) is 21.6. The first-order valence-corrected chi connectivity index (χ1v) is 11.5. The number of aromatic nitrogens is 2. The first kappa shape index (κ1) is 21.0. The summed E-state index contributed by atoms with van der Waals surface area (Å²) in [6.07, 6.45) is 1.51. The van der Waals surface area contributed by atoms with Gasteiger partial charge in [-0.2, -0.15) is 0 Å². The van der Waals surface area contributed by atoms with Crippen molar-refractivity contribution < 1.29 is 9.59 Å². The lowest BCUT2D eigenvalue weighted by molar-refractivity contribution is -0.113. The summed E-state index contributed by atoms with van der Waals surface area (Å²) in [4.78, 5) is 34.8. The van der Waals surface area contributed by atoms with Gasteiger partial charge in [0.2, 0.25) is 5.91 Å². The zero-order valence-electron chi connectivity index (χ0n) is 16.7. The van der Waals surface area contributed by atoms with E-state index in [2.05, 4.69) is 20.6 Å². The molecule has 156 valence electrons. The lowest BCUT2D eigenvalue weighted by Gasteiger charge is -2.16. The van der Waals surface area contributed by atoms with Crippen molar-refractivity contribution >= 4 is 50.8 Å². The van der Waals surface area contributed by atoms with E-state index in [9.17, 15) is 9.59 Å². The van der Waals surface area contributed by atoms with E-state index in [0.29, 0.717) is 11.3 Å². The molecule has 0 radical (unpaired) electrons. The van der Waals surface area contributed by atoms with Gasteiger partial charge in [-0.15, -0.1) is 11.3 Å². The normalized spacial score (nSPS) is 11.8. The Bertz CT molecular complexity index is 1210. The molecule has 2 N–H and O–H groups in total. The highest BCUT2D eigenvalue weighted by molar-refractivity contribution is 8.00. The van der Waals surface area contributed by atoms with Gasteiger partial charge in [0, 0.05) is 5.39 Å². The van der Waals surface area contributed by atoms with Crippen LogP contribution in [0, 0.1) is 0 Å². The Hall–Kier alpha value is -3.23. The van der Waals surface area contributed by atoms with Crippen molar-refractivity contribution in [1.29, 1.82) is 0 Å². The van der Waals surface area contributed by atoms with Crippen LogP contribution < -0.4 is 10.6 Å². The molecule has 0 spiro atoms. The quantitative estimate of drug-likeness (QED) is 0.310. The summed E-state index contributed by atoms with van der Waals surface area (Å²) in [6, 6.07) is 18.5. The van der Waals surface area contributed by atoms with Crippen LogP contribution in [-0.2, 0) is 4.79 Å².